The zero-order chi connectivity index (χ0) is 10.0. The van der Waals surface area contributed by atoms with Crippen molar-refractivity contribution in [2.75, 3.05) is 26.9 Å². The first-order valence-corrected chi connectivity index (χ1v) is 5.27. The van der Waals surface area contributed by atoms with Crippen LogP contribution in [-0.2, 0) is 9.47 Å². The molecule has 4 nitrogen and oxygen atoms in total. The van der Waals surface area contributed by atoms with Crippen LogP contribution in [0.15, 0.2) is 0 Å². The van der Waals surface area contributed by atoms with Crippen molar-refractivity contribution in [2.45, 2.75) is 36.9 Å². The number of ether oxygens (including phenoxy) is 2. The van der Waals surface area contributed by atoms with E-state index < -0.39 is 5.60 Å². The molecule has 82 valence electrons. The molecule has 2 heterocycles. The zero-order valence-corrected chi connectivity index (χ0v) is 8.66. The lowest BCUT2D eigenvalue weighted by molar-refractivity contribution is -0.0870. The normalized spacial score (nSPS) is 42.4. The summed E-state index contributed by atoms with van der Waals surface area (Å²) in [5.74, 6) is 0. The van der Waals surface area contributed by atoms with Crippen molar-refractivity contribution >= 4 is 0 Å². The topological polar surface area (TPSA) is 50.7 Å². The fourth-order valence-corrected chi connectivity index (χ4v) is 2.51. The summed E-state index contributed by atoms with van der Waals surface area (Å²) in [6, 6.07) is 0.647. The third kappa shape index (κ3) is 2.25. The van der Waals surface area contributed by atoms with Crippen LogP contribution in [0.2, 0.25) is 0 Å². The molecule has 2 aliphatic rings. The van der Waals surface area contributed by atoms with Crippen molar-refractivity contribution in [3.63, 3.8) is 0 Å². The summed E-state index contributed by atoms with van der Waals surface area (Å²) in [5.41, 5.74) is -0.541. The minimum atomic E-state index is -0.541. The van der Waals surface area contributed by atoms with E-state index in [9.17, 15) is 5.11 Å². The number of aliphatic hydroxyl groups is 1. The van der Waals surface area contributed by atoms with Crippen LogP contribution in [0, 0.1) is 0 Å². The molecule has 0 aliphatic carbocycles. The molecule has 2 atom stereocenters. The molecule has 0 amide bonds. The molecule has 2 fully saturated rings. The van der Waals surface area contributed by atoms with Crippen LogP contribution in [0.5, 0.6) is 0 Å². The van der Waals surface area contributed by atoms with Crippen molar-refractivity contribution < 1.29 is 14.6 Å². The Labute approximate surface area is 84.6 Å². The second-order valence-corrected chi connectivity index (χ2v) is 4.47. The van der Waals surface area contributed by atoms with Gasteiger partial charge in [0, 0.05) is 25.8 Å². The van der Waals surface area contributed by atoms with Gasteiger partial charge in [-0.2, -0.15) is 0 Å². The highest BCUT2D eigenvalue weighted by Crippen LogP contribution is 2.30. The zero-order valence-electron chi connectivity index (χ0n) is 8.66. The van der Waals surface area contributed by atoms with Crippen LogP contribution < -0.4 is 5.32 Å². The van der Waals surface area contributed by atoms with Crippen molar-refractivity contribution in [2.24, 2.45) is 0 Å². The van der Waals surface area contributed by atoms with Crippen LogP contribution in [0.25, 0.3) is 0 Å². The molecular formula is C10H19NO3. The number of morpholine rings is 1. The van der Waals surface area contributed by atoms with Crippen LogP contribution in [0.3, 0.4) is 0 Å². The monoisotopic (exact) mass is 201 g/mol. The first-order chi connectivity index (χ1) is 6.72. The number of methoxy groups -OCH3 is 1. The Morgan fingerprint density at radius 3 is 2.64 bits per heavy atom. The largest absolute Gasteiger partial charge is 0.390 e. The molecule has 0 aromatic heterocycles. The molecule has 14 heavy (non-hydrogen) atoms. The number of hydrogen-bond acceptors (Lipinski definition) is 4. The van der Waals surface area contributed by atoms with E-state index in [0.717, 1.165) is 32.5 Å². The van der Waals surface area contributed by atoms with Gasteiger partial charge in [0.25, 0.3) is 0 Å². The standard InChI is InChI=1S/C10H19NO3/c1-13-3-2-10(12)4-8-6-14-7-9(5-10)11-8/h8-9,11-12H,2-7H2,1H3. The molecule has 2 rings (SSSR count). The molecule has 0 radical (unpaired) electrons. The van der Waals surface area contributed by atoms with E-state index in [0.29, 0.717) is 18.7 Å². The summed E-state index contributed by atoms with van der Waals surface area (Å²) in [5, 5.41) is 13.8. The average Bonchev–Trinajstić information content (AvgIpc) is 2.14. The summed E-state index contributed by atoms with van der Waals surface area (Å²) in [6.45, 7) is 2.09. The molecule has 0 aromatic rings. The minimum absolute atomic E-state index is 0.323. The van der Waals surface area contributed by atoms with Gasteiger partial charge in [0.1, 0.15) is 0 Å². The number of hydrogen-bond donors (Lipinski definition) is 2. The maximum atomic E-state index is 10.3. The fraction of sp³-hybridized carbons (Fsp3) is 1.00. The highest BCUT2D eigenvalue weighted by molar-refractivity contribution is 4.96. The molecule has 2 bridgehead atoms. The molecule has 0 saturated carbocycles. The van der Waals surface area contributed by atoms with Crippen molar-refractivity contribution in [1.82, 2.24) is 5.32 Å². The molecular weight excluding hydrogens is 182 g/mol. The predicted molar refractivity (Wildman–Crippen MR) is 52.2 cm³/mol. The molecule has 4 heteroatoms. The fourth-order valence-electron chi connectivity index (χ4n) is 2.51. The van der Waals surface area contributed by atoms with Gasteiger partial charge < -0.3 is 19.9 Å². The third-order valence-electron chi connectivity index (χ3n) is 3.13. The first-order valence-electron chi connectivity index (χ1n) is 5.27. The van der Waals surface area contributed by atoms with Crippen molar-refractivity contribution in [1.29, 1.82) is 0 Å². The summed E-state index contributed by atoms with van der Waals surface area (Å²) in [7, 11) is 1.67. The summed E-state index contributed by atoms with van der Waals surface area (Å²) < 4.78 is 10.4. The summed E-state index contributed by atoms with van der Waals surface area (Å²) in [4.78, 5) is 0. The van der Waals surface area contributed by atoms with Gasteiger partial charge in [-0.3, -0.25) is 0 Å². The Morgan fingerprint density at radius 1 is 1.43 bits per heavy atom. The SMILES string of the molecule is COCCC1(O)CC2COCC(C1)N2. The Balaban J connectivity index is 1.93. The van der Waals surface area contributed by atoms with Gasteiger partial charge in [0.2, 0.25) is 0 Å². The highest BCUT2D eigenvalue weighted by atomic mass is 16.5. The maximum absolute atomic E-state index is 10.3. The number of rotatable bonds is 3. The quantitative estimate of drug-likeness (QED) is 0.670. The minimum Gasteiger partial charge on any atom is -0.390 e. The highest BCUT2D eigenvalue weighted by Gasteiger charge is 2.40. The van der Waals surface area contributed by atoms with Gasteiger partial charge in [-0.15, -0.1) is 0 Å². The number of nitrogens with one attached hydrogen (secondary N) is 1. The van der Waals surface area contributed by atoms with Crippen molar-refractivity contribution in [3.05, 3.63) is 0 Å². The third-order valence-corrected chi connectivity index (χ3v) is 3.13. The van der Waals surface area contributed by atoms with Crippen LogP contribution in [0.4, 0.5) is 0 Å². The van der Waals surface area contributed by atoms with E-state index in [-0.39, 0.29) is 0 Å². The van der Waals surface area contributed by atoms with E-state index in [4.69, 9.17) is 9.47 Å². The Kier molecular flexibility index (Phi) is 3.07. The maximum Gasteiger partial charge on any atom is 0.0701 e. The Morgan fingerprint density at radius 2 is 2.07 bits per heavy atom. The lowest BCUT2D eigenvalue weighted by atomic mass is 9.81. The molecule has 2 N–H and O–H groups in total. The van der Waals surface area contributed by atoms with Crippen LogP contribution in [0.1, 0.15) is 19.3 Å². The number of fused-ring (bicyclic) bond motifs is 2. The van der Waals surface area contributed by atoms with E-state index in [1.165, 1.54) is 0 Å². The predicted octanol–water partition coefficient (Wildman–Crippen LogP) is -0.0952. The summed E-state index contributed by atoms with van der Waals surface area (Å²) >= 11 is 0. The van der Waals surface area contributed by atoms with Crippen LogP contribution in [-0.4, -0.2) is 49.7 Å². The van der Waals surface area contributed by atoms with Gasteiger partial charge in [-0.05, 0) is 19.3 Å². The van der Waals surface area contributed by atoms with E-state index in [1.54, 1.807) is 7.11 Å². The van der Waals surface area contributed by atoms with Gasteiger partial charge in [-0.25, -0.2) is 0 Å². The average molecular weight is 201 g/mol. The van der Waals surface area contributed by atoms with E-state index in [2.05, 4.69) is 5.32 Å². The lowest BCUT2D eigenvalue weighted by Crippen LogP contribution is -2.60. The molecule has 0 spiro atoms. The molecule has 2 unspecified atom stereocenters. The second-order valence-electron chi connectivity index (χ2n) is 4.47. The molecule has 2 saturated heterocycles. The summed E-state index contributed by atoms with van der Waals surface area (Å²) in [6.07, 6.45) is 2.30. The Hall–Kier alpha value is -0.160. The second kappa shape index (κ2) is 4.14. The molecule has 2 aliphatic heterocycles. The van der Waals surface area contributed by atoms with E-state index >= 15 is 0 Å². The van der Waals surface area contributed by atoms with Gasteiger partial charge >= 0.3 is 0 Å². The first kappa shape index (κ1) is 10.4. The van der Waals surface area contributed by atoms with E-state index in [1.807, 2.05) is 0 Å². The van der Waals surface area contributed by atoms with Gasteiger partial charge in [0.15, 0.2) is 0 Å². The van der Waals surface area contributed by atoms with Gasteiger partial charge in [0.05, 0.1) is 18.8 Å². The lowest BCUT2D eigenvalue weighted by Gasteiger charge is -2.45. The number of piperidine rings is 1. The van der Waals surface area contributed by atoms with Crippen LogP contribution >= 0.6 is 0 Å². The van der Waals surface area contributed by atoms with Gasteiger partial charge in [-0.1, -0.05) is 0 Å². The Bertz CT molecular complexity index is 186. The smallest absolute Gasteiger partial charge is 0.0701 e. The van der Waals surface area contributed by atoms with Crippen molar-refractivity contribution in [3.8, 4) is 0 Å². The molecule has 0 aromatic carbocycles.